The van der Waals surface area contributed by atoms with Crippen molar-refractivity contribution in [3.63, 3.8) is 0 Å². The Balaban J connectivity index is 1.62. The molecule has 1 aromatic heterocycles. The maximum atomic E-state index is 12.1. The average Bonchev–Trinajstić information content (AvgIpc) is 2.99. The molecule has 2 heterocycles. The summed E-state index contributed by atoms with van der Waals surface area (Å²) in [5, 5.41) is 7.73. The summed E-state index contributed by atoms with van der Waals surface area (Å²) in [5.41, 5.74) is 1.30. The first-order chi connectivity index (χ1) is 10.2. The van der Waals surface area contributed by atoms with Gasteiger partial charge >= 0.3 is 0 Å². The number of amides is 2. The number of anilines is 1. The van der Waals surface area contributed by atoms with Crippen LogP contribution in [0.2, 0.25) is 0 Å². The molecule has 21 heavy (non-hydrogen) atoms. The summed E-state index contributed by atoms with van der Waals surface area (Å²) in [4.78, 5) is 25.8. The molecule has 108 valence electrons. The van der Waals surface area contributed by atoms with Crippen molar-refractivity contribution in [1.82, 2.24) is 5.32 Å². The largest absolute Gasteiger partial charge is 0.352 e. The molecule has 1 aliphatic heterocycles. The summed E-state index contributed by atoms with van der Waals surface area (Å²) in [6.45, 7) is 0.609. The van der Waals surface area contributed by atoms with Crippen molar-refractivity contribution in [2.45, 2.75) is 11.3 Å². The van der Waals surface area contributed by atoms with Gasteiger partial charge in [0.15, 0.2) is 0 Å². The van der Waals surface area contributed by atoms with E-state index >= 15 is 0 Å². The first-order valence-electron chi connectivity index (χ1n) is 6.59. The highest BCUT2D eigenvalue weighted by Gasteiger charge is 2.17. The Morgan fingerprint density at radius 3 is 3.05 bits per heavy atom. The number of thioether (sulfide) groups is 1. The number of carbonyl (C=O) groups is 2. The Morgan fingerprint density at radius 1 is 1.33 bits per heavy atom. The normalized spacial score (nSPS) is 13.4. The fourth-order valence-electron chi connectivity index (χ4n) is 2.08. The molecule has 3 rings (SSSR count). The highest BCUT2D eigenvalue weighted by molar-refractivity contribution is 8.00. The molecule has 0 saturated carbocycles. The monoisotopic (exact) mass is 318 g/mol. The van der Waals surface area contributed by atoms with Crippen molar-refractivity contribution < 1.29 is 9.59 Å². The van der Waals surface area contributed by atoms with E-state index in [0.717, 1.165) is 17.0 Å². The minimum absolute atomic E-state index is 0.0252. The van der Waals surface area contributed by atoms with Gasteiger partial charge in [0.2, 0.25) is 5.91 Å². The molecular formula is C15H14N2O2S2. The standard InChI is InChI=1S/C15H14N2O2S2/c18-14-9-21-13-4-3-10(8-12(13)17-14)15(19)16-6-5-11-2-1-7-20-11/h1-4,7-8H,5-6,9H2,(H,16,19)(H,17,18). The van der Waals surface area contributed by atoms with Gasteiger partial charge in [-0.05, 0) is 36.1 Å². The van der Waals surface area contributed by atoms with Crippen LogP contribution in [0.1, 0.15) is 15.2 Å². The molecule has 2 aromatic rings. The molecule has 0 saturated heterocycles. The molecule has 2 N–H and O–H groups in total. The van der Waals surface area contributed by atoms with Crippen molar-refractivity contribution >= 4 is 40.6 Å². The molecule has 0 fully saturated rings. The minimum atomic E-state index is -0.112. The summed E-state index contributed by atoms with van der Waals surface area (Å²) in [6.07, 6.45) is 0.834. The predicted octanol–water partition coefficient (Wildman–Crippen LogP) is 2.76. The molecule has 0 spiro atoms. The molecule has 0 bridgehead atoms. The third-order valence-corrected chi connectivity index (χ3v) is 5.12. The van der Waals surface area contributed by atoms with Crippen molar-refractivity contribution in [2.75, 3.05) is 17.6 Å². The lowest BCUT2D eigenvalue weighted by Gasteiger charge is -2.16. The second-order valence-electron chi connectivity index (χ2n) is 4.63. The van der Waals surface area contributed by atoms with Crippen LogP contribution in [0, 0.1) is 0 Å². The summed E-state index contributed by atoms with van der Waals surface area (Å²) in [7, 11) is 0. The predicted molar refractivity (Wildman–Crippen MR) is 86.2 cm³/mol. The maximum Gasteiger partial charge on any atom is 0.251 e. The van der Waals surface area contributed by atoms with Crippen LogP contribution in [0.4, 0.5) is 5.69 Å². The highest BCUT2D eigenvalue weighted by Crippen LogP contribution is 2.31. The lowest BCUT2D eigenvalue weighted by Crippen LogP contribution is -2.26. The maximum absolute atomic E-state index is 12.1. The van der Waals surface area contributed by atoms with Gasteiger partial charge in [0.1, 0.15) is 0 Å². The summed E-state index contributed by atoms with van der Waals surface area (Å²) >= 11 is 3.18. The van der Waals surface area contributed by atoms with E-state index in [4.69, 9.17) is 0 Å². The topological polar surface area (TPSA) is 58.2 Å². The van der Waals surface area contributed by atoms with Gasteiger partial charge in [0.05, 0.1) is 11.4 Å². The number of rotatable bonds is 4. The lowest BCUT2D eigenvalue weighted by molar-refractivity contribution is -0.113. The molecule has 1 aliphatic rings. The third kappa shape index (κ3) is 3.46. The van der Waals surface area contributed by atoms with Gasteiger partial charge < -0.3 is 10.6 Å². The van der Waals surface area contributed by atoms with Crippen molar-refractivity contribution in [3.8, 4) is 0 Å². The SMILES string of the molecule is O=C1CSc2ccc(C(=O)NCCc3cccs3)cc2N1. The quantitative estimate of drug-likeness (QED) is 0.911. The van der Waals surface area contributed by atoms with Crippen molar-refractivity contribution in [3.05, 3.63) is 46.2 Å². The smallest absolute Gasteiger partial charge is 0.251 e. The van der Waals surface area contributed by atoms with Crippen LogP contribution < -0.4 is 10.6 Å². The molecule has 4 nitrogen and oxygen atoms in total. The first kappa shape index (κ1) is 14.2. The Kier molecular flexibility index (Phi) is 4.26. The number of benzene rings is 1. The molecule has 2 amide bonds. The highest BCUT2D eigenvalue weighted by atomic mass is 32.2. The summed E-state index contributed by atoms with van der Waals surface area (Å²) < 4.78 is 0. The van der Waals surface area contributed by atoms with Gasteiger partial charge in [0, 0.05) is 21.9 Å². The average molecular weight is 318 g/mol. The summed E-state index contributed by atoms with van der Waals surface area (Å²) in [6, 6.07) is 9.48. The second kappa shape index (κ2) is 6.32. The zero-order valence-corrected chi connectivity index (χ0v) is 12.9. The van der Waals surface area contributed by atoms with Crippen molar-refractivity contribution in [1.29, 1.82) is 0 Å². The van der Waals surface area contributed by atoms with E-state index in [0.29, 0.717) is 17.9 Å². The van der Waals surface area contributed by atoms with E-state index in [2.05, 4.69) is 16.7 Å². The zero-order valence-electron chi connectivity index (χ0n) is 11.2. The number of fused-ring (bicyclic) bond motifs is 1. The van der Waals surface area contributed by atoms with Gasteiger partial charge in [-0.25, -0.2) is 0 Å². The van der Waals surface area contributed by atoms with Crippen LogP contribution in [0.15, 0.2) is 40.6 Å². The van der Waals surface area contributed by atoms with Crippen LogP contribution in [-0.2, 0) is 11.2 Å². The minimum Gasteiger partial charge on any atom is -0.352 e. The Morgan fingerprint density at radius 2 is 2.24 bits per heavy atom. The molecule has 0 unspecified atom stereocenters. The lowest BCUT2D eigenvalue weighted by atomic mass is 10.2. The number of hydrogen-bond donors (Lipinski definition) is 2. The van der Waals surface area contributed by atoms with E-state index in [1.54, 1.807) is 23.5 Å². The molecule has 0 atom stereocenters. The fraction of sp³-hybridized carbons (Fsp3) is 0.200. The number of carbonyl (C=O) groups excluding carboxylic acids is 2. The van der Waals surface area contributed by atoms with Crippen LogP contribution >= 0.6 is 23.1 Å². The molecule has 0 radical (unpaired) electrons. The molecule has 1 aromatic carbocycles. The van der Waals surface area contributed by atoms with Crippen LogP contribution in [-0.4, -0.2) is 24.1 Å². The first-order valence-corrected chi connectivity index (χ1v) is 8.46. The summed E-state index contributed by atoms with van der Waals surface area (Å²) in [5.74, 6) is 0.293. The number of nitrogens with one attached hydrogen (secondary N) is 2. The molecular weight excluding hydrogens is 304 g/mol. The van der Waals surface area contributed by atoms with Gasteiger partial charge in [-0.3, -0.25) is 9.59 Å². The van der Waals surface area contributed by atoms with E-state index < -0.39 is 0 Å². The van der Waals surface area contributed by atoms with Gasteiger partial charge in [0.25, 0.3) is 5.91 Å². The van der Waals surface area contributed by atoms with E-state index in [1.807, 2.05) is 17.5 Å². The van der Waals surface area contributed by atoms with Crippen LogP contribution in [0.25, 0.3) is 0 Å². The van der Waals surface area contributed by atoms with Crippen LogP contribution in [0.5, 0.6) is 0 Å². The Hall–Kier alpha value is -1.79. The van der Waals surface area contributed by atoms with E-state index in [1.165, 1.54) is 16.6 Å². The van der Waals surface area contributed by atoms with Gasteiger partial charge in [-0.2, -0.15) is 0 Å². The Bertz CT molecular complexity index is 668. The third-order valence-electron chi connectivity index (χ3n) is 3.11. The Labute approximate surface area is 130 Å². The number of hydrogen-bond acceptors (Lipinski definition) is 4. The second-order valence-corrected chi connectivity index (χ2v) is 6.68. The molecule has 6 heteroatoms. The van der Waals surface area contributed by atoms with Gasteiger partial charge in [-0.1, -0.05) is 6.07 Å². The fourth-order valence-corrected chi connectivity index (χ4v) is 3.58. The van der Waals surface area contributed by atoms with Crippen molar-refractivity contribution in [2.24, 2.45) is 0 Å². The zero-order chi connectivity index (χ0) is 14.7. The molecule has 0 aliphatic carbocycles. The van der Waals surface area contributed by atoms with E-state index in [9.17, 15) is 9.59 Å². The van der Waals surface area contributed by atoms with E-state index in [-0.39, 0.29) is 11.8 Å². The van der Waals surface area contributed by atoms with Crippen LogP contribution in [0.3, 0.4) is 0 Å². The van der Waals surface area contributed by atoms with Gasteiger partial charge in [-0.15, -0.1) is 23.1 Å². The number of thiophene rings is 1.